The lowest BCUT2D eigenvalue weighted by atomic mass is 10.0. The first-order valence-corrected chi connectivity index (χ1v) is 7.72. The summed E-state index contributed by atoms with van der Waals surface area (Å²) >= 11 is 0. The highest BCUT2D eigenvalue weighted by molar-refractivity contribution is 6.17. The van der Waals surface area contributed by atoms with Gasteiger partial charge in [-0.25, -0.2) is 0 Å². The first-order valence-electron chi connectivity index (χ1n) is 7.72. The number of nitrogens with one attached hydrogen (secondary N) is 1. The van der Waals surface area contributed by atoms with E-state index in [-0.39, 0.29) is 11.8 Å². The molecule has 0 unspecified atom stereocenters. The van der Waals surface area contributed by atoms with E-state index < -0.39 is 5.41 Å². The highest BCUT2D eigenvalue weighted by Crippen LogP contribution is 2.48. The molecule has 0 saturated heterocycles. The summed E-state index contributed by atoms with van der Waals surface area (Å²) in [5.74, 6) is -0.520. The number of nitrogens with zero attached hydrogens (tertiary/aromatic N) is 2. The van der Waals surface area contributed by atoms with Crippen molar-refractivity contribution in [3.05, 3.63) is 60.2 Å². The maximum absolute atomic E-state index is 12.8. The first-order chi connectivity index (χ1) is 11.6. The van der Waals surface area contributed by atoms with Gasteiger partial charge >= 0.3 is 0 Å². The molecule has 0 spiro atoms. The number of amides is 2. The molecule has 2 aromatic carbocycles. The summed E-state index contributed by atoms with van der Waals surface area (Å²) in [4.78, 5) is 27.0. The number of para-hydroxylation sites is 1. The lowest BCUT2D eigenvalue weighted by molar-refractivity contribution is -0.132. The fourth-order valence-electron chi connectivity index (χ4n) is 2.67. The number of rotatable bonds is 4. The van der Waals surface area contributed by atoms with Crippen LogP contribution in [0.25, 0.3) is 0 Å². The van der Waals surface area contributed by atoms with Gasteiger partial charge in [0.25, 0.3) is 0 Å². The highest BCUT2D eigenvalue weighted by atomic mass is 16.2. The van der Waals surface area contributed by atoms with Gasteiger partial charge in [-0.2, -0.15) is 5.26 Å². The molecule has 1 N–H and O–H groups in total. The van der Waals surface area contributed by atoms with E-state index in [4.69, 9.17) is 5.26 Å². The summed E-state index contributed by atoms with van der Waals surface area (Å²) in [7, 11) is 1.68. The molecule has 5 nitrogen and oxygen atoms in total. The molecule has 0 bridgehead atoms. The molecule has 3 rings (SSSR count). The van der Waals surface area contributed by atoms with Crippen LogP contribution in [-0.4, -0.2) is 18.9 Å². The Kier molecular flexibility index (Phi) is 4.05. The molecule has 0 aliphatic heterocycles. The Bertz CT molecular complexity index is 820. The van der Waals surface area contributed by atoms with Gasteiger partial charge in [0.1, 0.15) is 5.41 Å². The van der Waals surface area contributed by atoms with E-state index >= 15 is 0 Å². The topological polar surface area (TPSA) is 73.2 Å². The van der Waals surface area contributed by atoms with Crippen molar-refractivity contribution in [1.29, 1.82) is 5.26 Å². The Morgan fingerprint density at radius 2 is 1.83 bits per heavy atom. The third-order valence-electron chi connectivity index (χ3n) is 4.29. The van der Waals surface area contributed by atoms with Gasteiger partial charge in [0.2, 0.25) is 11.8 Å². The zero-order chi connectivity index (χ0) is 17.2. The van der Waals surface area contributed by atoms with Gasteiger partial charge in [-0.05, 0) is 43.2 Å². The van der Waals surface area contributed by atoms with Gasteiger partial charge in [-0.15, -0.1) is 0 Å². The van der Waals surface area contributed by atoms with Crippen LogP contribution in [0.3, 0.4) is 0 Å². The van der Waals surface area contributed by atoms with Crippen molar-refractivity contribution in [3.8, 4) is 6.07 Å². The molecular weight excluding hydrogens is 302 g/mol. The molecule has 1 aliphatic rings. The van der Waals surface area contributed by atoms with Gasteiger partial charge in [0.15, 0.2) is 0 Å². The fraction of sp³-hybridized carbons (Fsp3) is 0.211. The number of nitriles is 1. The molecule has 2 aromatic rings. The second-order valence-electron chi connectivity index (χ2n) is 5.93. The van der Waals surface area contributed by atoms with Crippen molar-refractivity contribution in [2.75, 3.05) is 17.3 Å². The number of hydrogen-bond acceptors (Lipinski definition) is 3. The van der Waals surface area contributed by atoms with Crippen LogP contribution >= 0.6 is 0 Å². The van der Waals surface area contributed by atoms with Crippen LogP contribution < -0.4 is 10.2 Å². The molecule has 0 radical (unpaired) electrons. The molecule has 1 saturated carbocycles. The second-order valence-corrected chi connectivity index (χ2v) is 5.93. The number of benzene rings is 2. The zero-order valence-corrected chi connectivity index (χ0v) is 13.3. The number of carbonyl (C=O) groups excluding carboxylic acids is 2. The standard InChI is InChI=1S/C19H17N3O2/c1-22(16-8-3-2-4-9-16)18(24)19(10-11-19)17(23)21-15-7-5-6-14(12-15)13-20/h2-9,12H,10-11H2,1H3,(H,21,23). The van der Waals surface area contributed by atoms with Crippen LogP contribution in [0, 0.1) is 16.7 Å². The van der Waals surface area contributed by atoms with Crippen molar-refractivity contribution in [2.24, 2.45) is 5.41 Å². The molecule has 1 fully saturated rings. The summed E-state index contributed by atoms with van der Waals surface area (Å²) in [6.07, 6.45) is 1.07. The van der Waals surface area contributed by atoms with E-state index in [2.05, 4.69) is 5.32 Å². The molecule has 24 heavy (non-hydrogen) atoms. The summed E-state index contributed by atoms with van der Waals surface area (Å²) in [5.41, 5.74) is 0.742. The molecule has 2 amide bonds. The van der Waals surface area contributed by atoms with Crippen molar-refractivity contribution in [3.63, 3.8) is 0 Å². The normalized spacial score (nSPS) is 14.3. The maximum atomic E-state index is 12.8. The zero-order valence-electron chi connectivity index (χ0n) is 13.3. The quantitative estimate of drug-likeness (QED) is 0.881. The summed E-state index contributed by atoms with van der Waals surface area (Å²) < 4.78 is 0. The van der Waals surface area contributed by atoms with Crippen molar-refractivity contribution in [1.82, 2.24) is 0 Å². The molecule has 1 aliphatic carbocycles. The van der Waals surface area contributed by atoms with E-state index in [0.29, 0.717) is 24.1 Å². The highest BCUT2D eigenvalue weighted by Gasteiger charge is 2.57. The molecule has 120 valence electrons. The Balaban J connectivity index is 1.76. The van der Waals surface area contributed by atoms with Crippen LogP contribution in [0.15, 0.2) is 54.6 Å². The Morgan fingerprint density at radius 3 is 2.46 bits per heavy atom. The third kappa shape index (κ3) is 2.86. The number of hydrogen-bond donors (Lipinski definition) is 1. The van der Waals surface area contributed by atoms with Crippen LogP contribution in [0.1, 0.15) is 18.4 Å². The van der Waals surface area contributed by atoms with Crippen molar-refractivity contribution in [2.45, 2.75) is 12.8 Å². The van der Waals surface area contributed by atoms with Crippen LogP contribution in [-0.2, 0) is 9.59 Å². The average molecular weight is 319 g/mol. The number of carbonyl (C=O) groups is 2. The number of anilines is 2. The van der Waals surface area contributed by atoms with Crippen molar-refractivity contribution >= 4 is 23.2 Å². The predicted molar refractivity (Wildman–Crippen MR) is 91.3 cm³/mol. The van der Waals surface area contributed by atoms with Gasteiger partial charge in [0, 0.05) is 18.4 Å². The SMILES string of the molecule is CN(C(=O)C1(C(=O)Nc2cccc(C#N)c2)CC1)c1ccccc1. The maximum Gasteiger partial charge on any atom is 0.242 e. The minimum absolute atomic E-state index is 0.206. The largest absolute Gasteiger partial charge is 0.325 e. The van der Waals surface area contributed by atoms with Crippen LogP contribution in [0.5, 0.6) is 0 Å². The Morgan fingerprint density at radius 1 is 1.12 bits per heavy atom. The molecular formula is C19H17N3O2. The van der Waals surface area contributed by atoms with E-state index in [1.165, 1.54) is 4.90 Å². The van der Waals surface area contributed by atoms with E-state index in [1.807, 2.05) is 36.4 Å². The molecule has 5 heteroatoms. The lowest BCUT2D eigenvalue weighted by Gasteiger charge is -2.23. The smallest absolute Gasteiger partial charge is 0.242 e. The monoisotopic (exact) mass is 319 g/mol. The summed E-state index contributed by atoms with van der Waals surface area (Å²) in [6, 6.07) is 18.0. The van der Waals surface area contributed by atoms with Gasteiger partial charge in [0.05, 0.1) is 11.6 Å². The predicted octanol–water partition coefficient (Wildman–Crippen LogP) is 2.94. The van der Waals surface area contributed by atoms with Gasteiger partial charge < -0.3 is 10.2 Å². The molecule has 0 atom stereocenters. The molecule has 0 heterocycles. The fourth-order valence-corrected chi connectivity index (χ4v) is 2.67. The minimum Gasteiger partial charge on any atom is -0.325 e. The van der Waals surface area contributed by atoms with E-state index in [9.17, 15) is 9.59 Å². The third-order valence-corrected chi connectivity index (χ3v) is 4.29. The van der Waals surface area contributed by atoms with E-state index in [1.54, 1.807) is 31.3 Å². The lowest BCUT2D eigenvalue weighted by Crippen LogP contribution is -2.41. The van der Waals surface area contributed by atoms with Crippen LogP contribution in [0.4, 0.5) is 11.4 Å². The first kappa shape index (κ1) is 15.8. The second kappa shape index (κ2) is 6.17. The van der Waals surface area contributed by atoms with Crippen molar-refractivity contribution < 1.29 is 9.59 Å². The van der Waals surface area contributed by atoms with Gasteiger partial charge in [-0.1, -0.05) is 24.3 Å². The minimum atomic E-state index is -1.01. The van der Waals surface area contributed by atoms with Gasteiger partial charge in [-0.3, -0.25) is 9.59 Å². The van der Waals surface area contributed by atoms with E-state index in [0.717, 1.165) is 5.69 Å². The average Bonchev–Trinajstić information content (AvgIpc) is 3.43. The summed E-state index contributed by atoms with van der Waals surface area (Å²) in [5, 5.41) is 11.7. The Labute approximate surface area is 140 Å². The molecule has 0 aromatic heterocycles. The van der Waals surface area contributed by atoms with Crippen LogP contribution in [0.2, 0.25) is 0 Å². The summed E-state index contributed by atoms with van der Waals surface area (Å²) in [6.45, 7) is 0. The Hall–Kier alpha value is -3.13.